The summed E-state index contributed by atoms with van der Waals surface area (Å²) < 4.78 is 4.56. The Morgan fingerprint density at radius 1 is 0.816 bits per heavy atom. The summed E-state index contributed by atoms with van der Waals surface area (Å²) >= 11 is 0. The highest BCUT2D eigenvalue weighted by molar-refractivity contribution is 6.12. The van der Waals surface area contributed by atoms with Crippen LogP contribution < -0.4 is 21.3 Å². The highest BCUT2D eigenvalue weighted by Crippen LogP contribution is 2.07. The molecule has 0 aromatic heterocycles. The van der Waals surface area contributed by atoms with Crippen molar-refractivity contribution in [1.82, 2.24) is 26.2 Å². The highest BCUT2D eigenvalue weighted by Gasteiger charge is 2.28. The number of nitrogens with one attached hydrogen (secondary N) is 4. The van der Waals surface area contributed by atoms with Gasteiger partial charge in [-0.05, 0) is 33.6 Å². The lowest BCUT2D eigenvalue weighted by atomic mass is 10.1. The summed E-state index contributed by atoms with van der Waals surface area (Å²) in [7, 11) is 1.16. The zero-order valence-corrected chi connectivity index (χ0v) is 21.6. The Labute approximate surface area is 218 Å². The maximum Gasteiger partial charge on any atom is 0.325 e. The predicted molar refractivity (Wildman–Crippen MR) is 129 cm³/mol. The average molecular weight is 540 g/mol. The van der Waals surface area contributed by atoms with Gasteiger partial charge in [-0.2, -0.15) is 0 Å². The quantitative estimate of drug-likeness (QED) is 0.111. The van der Waals surface area contributed by atoms with Gasteiger partial charge in [-0.15, -0.1) is 0 Å². The number of nitrogens with zero attached hydrogens (tertiary/aromatic N) is 1. The van der Waals surface area contributed by atoms with Crippen molar-refractivity contribution in [2.45, 2.75) is 70.6 Å². The van der Waals surface area contributed by atoms with Crippen molar-refractivity contribution in [1.29, 1.82) is 0 Å². The van der Waals surface area contributed by atoms with E-state index in [1.54, 1.807) is 0 Å². The second kappa shape index (κ2) is 15.1. The fourth-order valence-corrected chi connectivity index (χ4v) is 3.13. The summed E-state index contributed by atoms with van der Waals surface area (Å²) in [6.45, 7) is 3.92. The van der Waals surface area contributed by atoms with E-state index in [0.29, 0.717) is 0 Å². The second-order valence-corrected chi connectivity index (χ2v) is 8.53. The van der Waals surface area contributed by atoms with Gasteiger partial charge < -0.3 is 31.1 Å². The Morgan fingerprint density at radius 2 is 1.32 bits per heavy atom. The van der Waals surface area contributed by atoms with Crippen LogP contribution in [0.25, 0.3) is 0 Å². The first-order valence-electron chi connectivity index (χ1n) is 11.8. The second-order valence-electron chi connectivity index (χ2n) is 8.53. The van der Waals surface area contributed by atoms with Crippen LogP contribution >= 0.6 is 0 Å². The molecule has 1 aliphatic rings. The monoisotopic (exact) mass is 539 g/mol. The van der Waals surface area contributed by atoms with E-state index >= 15 is 0 Å². The number of hydrogen-bond donors (Lipinski definition) is 5. The molecule has 0 radical (unpaired) electrons. The normalized spacial score (nSPS) is 15.6. The number of methoxy groups -OCH3 is 1. The molecule has 1 aliphatic heterocycles. The molecule has 15 nitrogen and oxygen atoms in total. The van der Waals surface area contributed by atoms with E-state index in [0.717, 1.165) is 24.2 Å². The molecule has 210 valence electrons. The number of carboxylic acids is 1. The Bertz CT molecular complexity index is 977. The molecule has 4 atom stereocenters. The van der Waals surface area contributed by atoms with Gasteiger partial charge in [0.05, 0.1) is 7.11 Å². The van der Waals surface area contributed by atoms with Crippen molar-refractivity contribution in [2.24, 2.45) is 0 Å². The minimum absolute atomic E-state index is 0.00528. The van der Waals surface area contributed by atoms with Crippen molar-refractivity contribution in [3.05, 3.63) is 12.2 Å². The fourth-order valence-electron chi connectivity index (χ4n) is 3.13. The van der Waals surface area contributed by atoms with Crippen molar-refractivity contribution in [2.75, 3.05) is 13.7 Å². The molecule has 0 aromatic rings. The molecule has 5 N–H and O–H groups in total. The summed E-state index contributed by atoms with van der Waals surface area (Å²) in [5.74, 6) is -5.72. The molecular formula is C23H33N5O10. The molecule has 15 heteroatoms. The number of carbonyl (C=O) groups is 8. The molecule has 1 unspecified atom stereocenters. The first-order valence-corrected chi connectivity index (χ1v) is 11.8. The van der Waals surface area contributed by atoms with E-state index in [9.17, 15) is 38.4 Å². The third-order valence-corrected chi connectivity index (χ3v) is 5.44. The van der Waals surface area contributed by atoms with Crippen LogP contribution in [-0.4, -0.2) is 95.2 Å². The predicted octanol–water partition coefficient (Wildman–Crippen LogP) is -2.27. The SMILES string of the molecule is COC(=O)CCC(NC(=O)CCCN1C(=O)C=CC1=O)C(=O)N[C@@H](C)C(=O)N[C@@H](C)C(=O)N[C@@H](C)C(=O)O. The smallest absolute Gasteiger partial charge is 0.325 e. The van der Waals surface area contributed by atoms with Crippen LogP contribution in [0.3, 0.4) is 0 Å². The molecular weight excluding hydrogens is 506 g/mol. The molecule has 6 amide bonds. The number of amides is 6. The van der Waals surface area contributed by atoms with Crippen molar-refractivity contribution >= 4 is 47.4 Å². The van der Waals surface area contributed by atoms with E-state index in [2.05, 4.69) is 26.0 Å². The van der Waals surface area contributed by atoms with Gasteiger partial charge >= 0.3 is 11.9 Å². The summed E-state index contributed by atoms with van der Waals surface area (Å²) in [6.07, 6.45) is 1.90. The number of imide groups is 1. The van der Waals surface area contributed by atoms with Gasteiger partial charge in [-0.3, -0.25) is 43.3 Å². The first-order chi connectivity index (χ1) is 17.8. The van der Waals surface area contributed by atoms with Crippen LogP contribution in [0.15, 0.2) is 12.2 Å². The Morgan fingerprint density at radius 3 is 1.82 bits per heavy atom. The number of rotatable bonds is 15. The summed E-state index contributed by atoms with van der Waals surface area (Å²) in [4.78, 5) is 96.2. The van der Waals surface area contributed by atoms with E-state index in [4.69, 9.17) is 5.11 Å². The molecule has 0 aliphatic carbocycles. The Balaban J connectivity index is 2.68. The van der Waals surface area contributed by atoms with Gasteiger partial charge in [0.15, 0.2) is 0 Å². The van der Waals surface area contributed by atoms with Crippen molar-refractivity contribution in [3.63, 3.8) is 0 Å². The molecule has 38 heavy (non-hydrogen) atoms. The zero-order valence-electron chi connectivity index (χ0n) is 21.6. The Kier molecular flexibility index (Phi) is 12.6. The average Bonchev–Trinajstić information content (AvgIpc) is 3.17. The van der Waals surface area contributed by atoms with Gasteiger partial charge in [-0.1, -0.05) is 0 Å². The number of carbonyl (C=O) groups excluding carboxylic acids is 7. The van der Waals surface area contributed by atoms with Gasteiger partial charge in [0, 0.05) is 31.5 Å². The lowest BCUT2D eigenvalue weighted by molar-refractivity contribution is -0.142. The molecule has 1 heterocycles. The van der Waals surface area contributed by atoms with E-state index in [1.807, 2.05) is 0 Å². The number of carboxylic acid groups (broad SMARTS) is 1. The van der Waals surface area contributed by atoms with Crippen LogP contribution in [0.5, 0.6) is 0 Å². The summed E-state index contributed by atoms with van der Waals surface area (Å²) in [5, 5.41) is 18.3. The molecule has 1 rings (SSSR count). The number of esters is 1. The van der Waals surface area contributed by atoms with Crippen LogP contribution in [-0.2, 0) is 43.1 Å². The maximum absolute atomic E-state index is 12.8. The molecule has 0 aromatic carbocycles. The molecule has 0 bridgehead atoms. The lowest BCUT2D eigenvalue weighted by Crippen LogP contribution is -2.56. The van der Waals surface area contributed by atoms with Crippen molar-refractivity contribution < 1.29 is 48.2 Å². The largest absolute Gasteiger partial charge is 0.480 e. The summed E-state index contributed by atoms with van der Waals surface area (Å²) in [5.41, 5.74) is 0. The third-order valence-electron chi connectivity index (χ3n) is 5.44. The van der Waals surface area contributed by atoms with Crippen LogP contribution in [0.4, 0.5) is 0 Å². The van der Waals surface area contributed by atoms with Gasteiger partial charge in [0.1, 0.15) is 24.2 Å². The lowest BCUT2D eigenvalue weighted by Gasteiger charge is -2.22. The zero-order chi connectivity index (χ0) is 29.0. The van der Waals surface area contributed by atoms with E-state index < -0.39 is 71.5 Å². The molecule has 0 saturated carbocycles. The minimum atomic E-state index is -1.26. The number of ether oxygens (including phenoxy) is 1. The van der Waals surface area contributed by atoms with Crippen LogP contribution in [0, 0.1) is 0 Å². The molecule has 0 fully saturated rings. The van der Waals surface area contributed by atoms with Gasteiger partial charge in [0.25, 0.3) is 11.8 Å². The van der Waals surface area contributed by atoms with Crippen LogP contribution in [0.2, 0.25) is 0 Å². The molecule has 0 saturated heterocycles. The number of hydrogen-bond acceptors (Lipinski definition) is 9. The highest BCUT2D eigenvalue weighted by atomic mass is 16.5. The summed E-state index contributed by atoms with van der Waals surface area (Å²) in [6, 6.07) is -4.66. The van der Waals surface area contributed by atoms with E-state index in [-0.39, 0.29) is 32.2 Å². The van der Waals surface area contributed by atoms with E-state index in [1.165, 1.54) is 20.8 Å². The van der Waals surface area contributed by atoms with Gasteiger partial charge in [0.2, 0.25) is 23.6 Å². The minimum Gasteiger partial charge on any atom is -0.480 e. The third kappa shape index (κ3) is 10.4. The van der Waals surface area contributed by atoms with Crippen molar-refractivity contribution in [3.8, 4) is 0 Å². The standard InChI is InChI=1S/C23H33N5O10/c1-12(21(34)26-14(3)23(36)37)24-20(33)13(2)25-22(35)15(7-10-19(32)38-4)27-16(29)6-5-11-28-17(30)8-9-18(28)31/h8-9,12-15H,5-7,10-11H2,1-4H3,(H,24,33)(H,25,35)(H,26,34)(H,27,29)(H,36,37)/t12-,13-,14-,15?/m0/s1. The Hall–Kier alpha value is -4.30. The maximum atomic E-state index is 12.8. The fraction of sp³-hybridized carbons (Fsp3) is 0.565. The topological polar surface area (TPSA) is 217 Å². The van der Waals surface area contributed by atoms with Gasteiger partial charge in [-0.25, -0.2) is 0 Å². The van der Waals surface area contributed by atoms with Crippen LogP contribution in [0.1, 0.15) is 46.5 Å². The first kappa shape index (κ1) is 31.7. The number of aliphatic carboxylic acids is 1. The molecule has 0 spiro atoms.